The van der Waals surface area contributed by atoms with E-state index in [4.69, 9.17) is 18.0 Å². The first-order valence-electron chi connectivity index (χ1n) is 5.92. The highest BCUT2D eigenvalue weighted by atomic mass is 32.2. The van der Waals surface area contributed by atoms with Crippen LogP contribution in [0.25, 0.3) is 0 Å². The van der Waals surface area contributed by atoms with Gasteiger partial charge in [0.1, 0.15) is 9.74 Å². The predicted molar refractivity (Wildman–Crippen MR) is 83.1 cm³/mol. The van der Waals surface area contributed by atoms with Crippen LogP contribution in [0.2, 0.25) is 0 Å². The van der Waals surface area contributed by atoms with Crippen molar-refractivity contribution in [2.45, 2.75) is 25.1 Å². The van der Waals surface area contributed by atoms with E-state index in [0.29, 0.717) is 5.56 Å². The van der Waals surface area contributed by atoms with Gasteiger partial charge in [0, 0.05) is 18.4 Å². The first-order chi connectivity index (χ1) is 9.05. The molecule has 0 aliphatic heterocycles. The van der Waals surface area contributed by atoms with Crippen LogP contribution in [0.15, 0.2) is 24.3 Å². The number of thiocarbonyl (C=S) groups is 1. The molecule has 110 valence electrons. The van der Waals surface area contributed by atoms with Crippen molar-refractivity contribution in [3.63, 3.8) is 0 Å². The van der Waals surface area contributed by atoms with E-state index in [0.717, 1.165) is 11.8 Å². The zero-order chi connectivity index (χ0) is 15.6. The Morgan fingerprint density at radius 1 is 1.40 bits per heavy atom. The summed E-state index contributed by atoms with van der Waals surface area (Å²) in [5, 5.41) is 2.61. The minimum atomic E-state index is -3.48. The molecule has 0 spiro atoms. The molecule has 0 unspecified atom stereocenters. The topological polar surface area (TPSA) is 89.3 Å². The monoisotopic (exact) mass is 314 g/mol. The molecule has 0 aromatic heterocycles. The van der Waals surface area contributed by atoms with Crippen molar-refractivity contribution in [3.05, 3.63) is 35.4 Å². The average molecular weight is 314 g/mol. The van der Waals surface area contributed by atoms with Crippen molar-refractivity contribution in [2.75, 3.05) is 6.26 Å². The molecule has 1 aromatic carbocycles. The van der Waals surface area contributed by atoms with Gasteiger partial charge in [0.25, 0.3) is 0 Å². The summed E-state index contributed by atoms with van der Waals surface area (Å²) in [6, 6.07) is 7.11. The highest BCUT2D eigenvalue weighted by Gasteiger charge is 2.38. The Bertz CT molecular complexity index is 637. The van der Waals surface area contributed by atoms with E-state index < -0.39 is 20.5 Å². The van der Waals surface area contributed by atoms with E-state index in [1.807, 2.05) is 0 Å². The normalized spacial score (nSPS) is 11.9. The maximum Gasteiger partial charge on any atom is 0.241 e. The first kappa shape index (κ1) is 16.6. The highest BCUT2D eigenvalue weighted by Crippen LogP contribution is 2.15. The summed E-state index contributed by atoms with van der Waals surface area (Å²) in [4.78, 5) is 12.2. The summed E-state index contributed by atoms with van der Waals surface area (Å²) in [6.45, 7) is 2.97. The van der Waals surface area contributed by atoms with E-state index in [9.17, 15) is 13.2 Å². The molecule has 7 heteroatoms. The molecule has 3 N–H and O–H groups in total. The van der Waals surface area contributed by atoms with E-state index in [-0.39, 0.29) is 11.5 Å². The van der Waals surface area contributed by atoms with Crippen LogP contribution in [0, 0.1) is 0 Å². The molecule has 1 rings (SSSR count). The fourth-order valence-corrected chi connectivity index (χ4v) is 1.93. The van der Waals surface area contributed by atoms with Crippen LogP contribution < -0.4 is 11.1 Å². The number of benzene rings is 1. The lowest BCUT2D eigenvalue weighted by Gasteiger charge is -2.21. The molecule has 0 heterocycles. The molecule has 1 amide bonds. The molecule has 0 saturated heterocycles. The van der Waals surface area contributed by atoms with E-state index in [1.54, 1.807) is 24.3 Å². The summed E-state index contributed by atoms with van der Waals surface area (Å²) in [5.74, 6) is -0.541. The number of amides is 1. The summed E-state index contributed by atoms with van der Waals surface area (Å²) >= 11 is 4.88. The van der Waals surface area contributed by atoms with Gasteiger partial charge in [-0.2, -0.15) is 0 Å². The number of hydrogen-bond donors (Lipinski definition) is 2. The molecular formula is C13H18N2O3S2. The van der Waals surface area contributed by atoms with Crippen molar-refractivity contribution in [3.8, 4) is 0 Å². The molecule has 0 saturated carbocycles. The van der Waals surface area contributed by atoms with Gasteiger partial charge in [-0.25, -0.2) is 8.42 Å². The maximum absolute atomic E-state index is 12.0. The van der Waals surface area contributed by atoms with Crippen molar-refractivity contribution >= 4 is 33.0 Å². The average Bonchev–Trinajstić information content (AvgIpc) is 2.34. The summed E-state index contributed by atoms with van der Waals surface area (Å²) in [5.41, 5.74) is 7.03. The molecule has 1 aromatic rings. The zero-order valence-corrected chi connectivity index (χ0v) is 13.3. The number of carbonyl (C=O) groups excluding carboxylic acids is 1. The predicted octanol–water partition coefficient (Wildman–Crippen LogP) is 0.760. The van der Waals surface area contributed by atoms with Crippen LogP contribution in [0.3, 0.4) is 0 Å². The number of rotatable bonds is 5. The maximum atomic E-state index is 12.0. The molecule has 0 bridgehead atoms. The van der Waals surface area contributed by atoms with Gasteiger partial charge >= 0.3 is 0 Å². The standard InChI is InChI=1S/C13H18N2O3S2/c1-13(2,20(3,17)18)12(16)15-8-9-5-4-6-10(7-9)11(14)19/h4-7H,8H2,1-3H3,(H2,14,19)(H,15,16). The number of carbonyl (C=O) groups is 1. The van der Waals surface area contributed by atoms with Gasteiger partial charge in [-0.3, -0.25) is 4.79 Å². The van der Waals surface area contributed by atoms with Gasteiger partial charge < -0.3 is 11.1 Å². The van der Waals surface area contributed by atoms with Crippen LogP contribution in [0.1, 0.15) is 25.0 Å². The highest BCUT2D eigenvalue weighted by molar-refractivity contribution is 7.92. The Hall–Kier alpha value is -1.47. The number of sulfone groups is 1. The first-order valence-corrected chi connectivity index (χ1v) is 8.22. The third kappa shape index (κ3) is 3.77. The fraction of sp³-hybridized carbons (Fsp3) is 0.385. The van der Waals surface area contributed by atoms with E-state index >= 15 is 0 Å². The minimum absolute atomic E-state index is 0.217. The number of hydrogen-bond acceptors (Lipinski definition) is 4. The molecule has 20 heavy (non-hydrogen) atoms. The van der Waals surface area contributed by atoms with Gasteiger partial charge in [-0.05, 0) is 25.5 Å². The van der Waals surface area contributed by atoms with Gasteiger partial charge in [-0.15, -0.1) is 0 Å². The van der Waals surface area contributed by atoms with Gasteiger partial charge in [0.2, 0.25) is 5.91 Å². The van der Waals surface area contributed by atoms with Gasteiger partial charge in [-0.1, -0.05) is 30.4 Å². The molecular weight excluding hydrogens is 296 g/mol. The second-order valence-electron chi connectivity index (χ2n) is 5.03. The quantitative estimate of drug-likeness (QED) is 0.783. The van der Waals surface area contributed by atoms with Crippen molar-refractivity contribution in [2.24, 2.45) is 5.73 Å². The molecule has 0 fully saturated rings. The Morgan fingerprint density at radius 3 is 2.50 bits per heavy atom. The summed E-state index contributed by atoms with van der Waals surface area (Å²) in [7, 11) is -3.48. The van der Waals surface area contributed by atoms with Crippen LogP contribution in [0.4, 0.5) is 0 Å². The van der Waals surface area contributed by atoms with Crippen LogP contribution in [0.5, 0.6) is 0 Å². The second-order valence-corrected chi connectivity index (χ2v) is 8.03. The Kier molecular flexibility index (Phi) is 4.88. The van der Waals surface area contributed by atoms with Gasteiger partial charge in [0.15, 0.2) is 9.84 Å². The lowest BCUT2D eigenvalue weighted by molar-refractivity contribution is -0.123. The van der Waals surface area contributed by atoms with Crippen LogP contribution in [-0.4, -0.2) is 30.3 Å². The molecule has 0 radical (unpaired) electrons. The lowest BCUT2D eigenvalue weighted by atomic mass is 10.1. The SMILES string of the molecule is CC(C)(C(=O)NCc1cccc(C(N)=S)c1)S(C)(=O)=O. The molecule has 0 atom stereocenters. The Labute approximate surface area is 124 Å². The van der Waals surface area contributed by atoms with Crippen LogP contribution in [-0.2, 0) is 21.2 Å². The van der Waals surface area contributed by atoms with Crippen LogP contribution >= 0.6 is 12.2 Å². The third-order valence-corrected chi connectivity index (χ3v) is 5.41. The van der Waals surface area contributed by atoms with Crippen molar-refractivity contribution in [1.29, 1.82) is 0 Å². The minimum Gasteiger partial charge on any atom is -0.389 e. The largest absolute Gasteiger partial charge is 0.389 e. The van der Waals surface area contributed by atoms with E-state index in [1.165, 1.54) is 13.8 Å². The zero-order valence-electron chi connectivity index (χ0n) is 11.6. The van der Waals surface area contributed by atoms with E-state index in [2.05, 4.69) is 5.32 Å². The second kappa shape index (κ2) is 5.88. The van der Waals surface area contributed by atoms with Gasteiger partial charge in [0.05, 0.1) is 0 Å². The van der Waals surface area contributed by atoms with Crippen molar-refractivity contribution in [1.82, 2.24) is 5.32 Å². The Balaban J connectivity index is 2.80. The molecule has 0 aliphatic rings. The van der Waals surface area contributed by atoms with Crippen molar-refractivity contribution < 1.29 is 13.2 Å². The summed E-state index contributed by atoms with van der Waals surface area (Å²) in [6.07, 6.45) is 1.04. The number of nitrogens with one attached hydrogen (secondary N) is 1. The molecule has 5 nitrogen and oxygen atoms in total. The lowest BCUT2D eigenvalue weighted by Crippen LogP contribution is -2.47. The fourth-order valence-electron chi connectivity index (χ4n) is 1.40. The smallest absolute Gasteiger partial charge is 0.241 e. The molecule has 0 aliphatic carbocycles. The third-order valence-electron chi connectivity index (χ3n) is 3.14. The summed E-state index contributed by atoms with van der Waals surface area (Å²) < 4.78 is 21.6. The number of nitrogens with two attached hydrogens (primary N) is 1. The Morgan fingerprint density at radius 2 is 2.00 bits per heavy atom.